The van der Waals surface area contributed by atoms with Crippen LogP contribution in [0.4, 0.5) is 5.82 Å². The van der Waals surface area contributed by atoms with E-state index in [4.69, 9.17) is 0 Å². The molecule has 0 aliphatic rings. The van der Waals surface area contributed by atoms with Gasteiger partial charge in [-0.15, -0.1) is 0 Å². The molecule has 5 nitrogen and oxygen atoms in total. The molecule has 2 rings (SSSR count). The number of hydrogen-bond donors (Lipinski definition) is 2. The first-order valence-corrected chi connectivity index (χ1v) is 6.76. The quantitative estimate of drug-likeness (QED) is 0.889. The van der Waals surface area contributed by atoms with Gasteiger partial charge >= 0.3 is 0 Å². The largest absolute Gasteiger partial charge is 0.394 e. The second-order valence-corrected chi connectivity index (χ2v) is 5.54. The second kappa shape index (κ2) is 5.67. The molecule has 0 fully saturated rings. The summed E-state index contributed by atoms with van der Waals surface area (Å²) in [4.78, 5) is 8.64. The van der Waals surface area contributed by atoms with E-state index in [0.717, 1.165) is 16.7 Å². The van der Waals surface area contributed by atoms with Crippen molar-refractivity contribution in [3.8, 4) is 0 Å². The molecular weight excluding hydrogens is 296 g/mol. The van der Waals surface area contributed by atoms with Crippen LogP contribution in [0, 0.1) is 5.92 Å². The number of imidazole rings is 1. The molecule has 6 heteroatoms. The molecule has 0 aliphatic heterocycles. The maximum atomic E-state index is 9.40. The van der Waals surface area contributed by atoms with Crippen LogP contribution in [0.2, 0.25) is 0 Å². The van der Waals surface area contributed by atoms with Crippen molar-refractivity contribution in [2.24, 2.45) is 5.92 Å². The van der Waals surface area contributed by atoms with Crippen molar-refractivity contribution in [2.75, 3.05) is 11.9 Å². The molecular formula is C12H17BrN4O. The van der Waals surface area contributed by atoms with Crippen LogP contribution in [0.25, 0.3) is 5.65 Å². The van der Waals surface area contributed by atoms with E-state index in [1.165, 1.54) is 0 Å². The van der Waals surface area contributed by atoms with Crippen molar-refractivity contribution in [3.63, 3.8) is 0 Å². The van der Waals surface area contributed by atoms with Gasteiger partial charge in [0.25, 0.3) is 0 Å². The number of anilines is 1. The molecule has 2 aromatic heterocycles. The monoisotopic (exact) mass is 312 g/mol. The number of hydrogen-bond acceptors (Lipinski definition) is 4. The molecule has 0 spiro atoms. The van der Waals surface area contributed by atoms with Crippen molar-refractivity contribution in [2.45, 2.75) is 26.3 Å². The van der Waals surface area contributed by atoms with E-state index in [9.17, 15) is 5.11 Å². The smallest absolute Gasteiger partial charge is 0.180 e. The zero-order valence-corrected chi connectivity index (χ0v) is 12.1. The van der Waals surface area contributed by atoms with E-state index in [0.29, 0.717) is 11.7 Å². The Balaban J connectivity index is 2.26. The molecule has 1 atom stereocenters. The lowest BCUT2D eigenvalue weighted by atomic mass is 10.0. The van der Waals surface area contributed by atoms with E-state index in [1.807, 2.05) is 16.8 Å². The Morgan fingerprint density at radius 3 is 2.94 bits per heavy atom. The fraction of sp³-hybridized carbons (Fsp3) is 0.500. The van der Waals surface area contributed by atoms with E-state index in [2.05, 4.69) is 45.1 Å². The molecule has 0 amide bonds. The maximum absolute atomic E-state index is 9.40. The SMILES string of the molecule is CC(C)CC(CO)Nc1nc(Br)cn2ccnc12. The second-order valence-electron chi connectivity index (χ2n) is 4.72. The van der Waals surface area contributed by atoms with Gasteiger partial charge in [-0.25, -0.2) is 9.97 Å². The third-order valence-electron chi connectivity index (χ3n) is 2.66. The van der Waals surface area contributed by atoms with Crippen LogP contribution in [0.1, 0.15) is 20.3 Å². The van der Waals surface area contributed by atoms with E-state index < -0.39 is 0 Å². The van der Waals surface area contributed by atoms with Gasteiger partial charge in [0.1, 0.15) is 4.60 Å². The number of halogens is 1. The summed E-state index contributed by atoms with van der Waals surface area (Å²) in [6, 6.07) is -0.00713. The normalized spacial score (nSPS) is 13.2. The Morgan fingerprint density at radius 1 is 1.50 bits per heavy atom. The van der Waals surface area contributed by atoms with Gasteiger partial charge < -0.3 is 14.8 Å². The lowest BCUT2D eigenvalue weighted by molar-refractivity contribution is 0.259. The van der Waals surface area contributed by atoms with Gasteiger partial charge in [-0.3, -0.25) is 0 Å². The average Bonchev–Trinajstić information content (AvgIpc) is 2.75. The first-order valence-electron chi connectivity index (χ1n) is 5.96. The van der Waals surface area contributed by atoms with Crippen LogP contribution in [-0.2, 0) is 0 Å². The summed E-state index contributed by atoms with van der Waals surface area (Å²) < 4.78 is 2.63. The summed E-state index contributed by atoms with van der Waals surface area (Å²) in [6.07, 6.45) is 6.33. The van der Waals surface area contributed by atoms with E-state index >= 15 is 0 Å². The molecule has 0 aliphatic carbocycles. The molecule has 2 aromatic rings. The highest BCUT2D eigenvalue weighted by Crippen LogP contribution is 2.19. The topological polar surface area (TPSA) is 62.5 Å². The summed E-state index contributed by atoms with van der Waals surface area (Å²) >= 11 is 3.37. The molecule has 1 unspecified atom stereocenters. The molecule has 0 aromatic carbocycles. The van der Waals surface area contributed by atoms with Crippen LogP contribution >= 0.6 is 15.9 Å². The number of aromatic nitrogens is 3. The number of nitrogens with zero attached hydrogens (tertiary/aromatic N) is 3. The predicted molar refractivity (Wildman–Crippen MR) is 74.6 cm³/mol. The van der Waals surface area contributed by atoms with Crippen molar-refractivity contribution >= 4 is 27.4 Å². The zero-order valence-electron chi connectivity index (χ0n) is 10.5. The molecule has 98 valence electrons. The summed E-state index contributed by atoms with van der Waals surface area (Å²) in [5.41, 5.74) is 0.764. The third kappa shape index (κ3) is 3.00. The average molecular weight is 313 g/mol. The highest BCUT2D eigenvalue weighted by Gasteiger charge is 2.13. The minimum atomic E-state index is -0.00713. The Bertz CT molecular complexity index is 526. The number of aliphatic hydroxyl groups excluding tert-OH is 1. The van der Waals surface area contributed by atoms with Gasteiger partial charge in [-0.2, -0.15) is 0 Å². The Morgan fingerprint density at radius 2 is 2.28 bits per heavy atom. The van der Waals surface area contributed by atoms with Crippen LogP contribution in [0.15, 0.2) is 23.2 Å². The number of nitrogens with one attached hydrogen (secondary N) is 1. The summed E-state index contributed by atoms with van der Waals surface area (Å²) in [5, 5.41) is 12.7. The van der Waals surface area contributed by atoms with Crippen LogP contribution in [-0.4, -0.2) is 32.1 Å². The molecule has 2 N–H and O–H groups in total. The predicted octanol–water partition coefficient (Wildman–Crippen LogP) is 2.31. The standard InChI is InChI=1S/C12H17BrN4O/c1-8(2)5-9(7-18)15-11-12-14-3-4-17(12)6-10(13)16-11/h3-4,6,8-9,18H,5,7H2,1-2H3,(H,15,16). The summed E-state index contributed by atoms with van der Waals surface area (Å²) in [7, 11) is 0. The Hall–Kier alpha value is -1.14. The maximum Gasteiger partial charge on any atom is 0.180 e. The number of rotatable bonds is 5. The summed E-state index contributed by atoms with van der Waals surface area (Å²) in [5.74, 6) is 1.20. The van der Waals surface area contributed by atoms with E-state index in [-0.39, 0.29) is 12.6 Å². The van der Waals surface area contributed by atoms with Crippen molar-refractivity contribution in [1.82, 2.24) is 14.4 Å². The molecule has 0 bridgehead atoms. The van der Waals surface area contributed by atoms with Gasteiger partial charge in [0, 0.05) is 18.6 Å². The minimum Gasteiger partial charge on any atom is -0.394 e. The van der Waals surface area contributed by atoms with Gasteiger partial charge in [-0.1, -0.05) is 13.8 Å². The lowest BCUT2D eigenvalue weighted by Crippen LogP contribution is -2.26. The fourth-order valence-electron chi connectivity index (χ4n) is 1.94. The van der Waals surface area contributed by atoms with Crippen molar-refractivity contribution < 1.29 is 5.11 Å². The zero-order chi connectivity index (χ0) is 13.1. The first kappa shape index (κ1) is 13.3. The molecule has 0 radical (unpaired) electrons. The Labute approximate surface area is 114 Å². The Kier molecular flexibility index (Phi) is 4.19. The van der Waals surface area contributed by atoms with Gasteiger partial charge in [-0.05, 0) is 28.3 Å². The van der Waals surface area contributed by atoms with Gasteiger partial charge in [0.2, 0.25) is 0 Å². The molecule has 2 heterocycles. The number of fused-ring (bicyclic) bond motifs is 1. The van der Waals surface area contributed by atoms with E-state index in [1.54, 1.807) is 6.20 Å². The minimum absolute atomic E-state index is 0.00713. The highest BCUT2D eigenvalue weighted by atomic mass is 79.9. The van der Waals surface area contributed by atoms with Crippen molar-refractivity contribution in [3.05, 3.63) is 23.2 Å². The number of aliphatic hydroxyl groups is 1. The van der Waals surface area contributed by atoms with Gasteiger partial charge in [0.05, 0.1) is 12.6 Å². The highest BCUT2D eigenvalue weighted by molar-refractivity contribution is 9.10. The van der Waals surface area contributed by atoms with Crippen LogP contribution in [0.5, 0.6) is 0 Å². The van der Waals surface area contributed by atoms with Crippen molar-refractivity contribution in [1.29, 1.82) is 0 Å². The summed E-state index contributed by atoms with van der Waals surface area (Å²) in [6.45, 7) is 4.34. The lowest BCUT2D eigenvalue weighted by Gasteiger charge is -2.19. The molecule has 0 saturated heterocycles. The fourth-order valence-corrected chi connectivity index (χ4v) is 2.34. The molecule has 0 saturated carbocycles. The van der Waals surface area contributed by atoms with Crippen LogP contribution < -0.4 is 5.32 Å². The van der Waals surface area contributed by atoms with Gasteiger partial charge in [0.15, 0.2) is 11.5 Å². The van der Waals surface area contributed by atoms with Crippen LogP contribution in [0.3, 0.4) is 0 Å². The molecule has 18 heavy (non-hydrogen) atoms. The third-order valence-corrected chi connectivity index (χ3v) is 3.04. The first-order chi connectivity index (χ1) is 8.60.